The minimum atomic E-state index is -0.0350. The van der Waals surface area contributed by atoms with Gasteiger partial charge in [0.2, 0.25) is 0 Å². The van der Waals surface area contributed by atoms with Crippen molar-refractivity contribution in [2.75, 3.05) is 25.5 Å². The molecule has 0 bridgehead atoms. The van der Waals surface area contributed by atoms with E-state index in [-0.39, 0.29) is 5.78 Å². The van der Waals surface area contributed by atoms with E-state index in [1.165, 1.54) is 50.3 Å². The average Bonchev–Trinajstić information content (AvgIpc) is 3.40. The molecule has 2 N–H and O–H groups in total. The number of carbonyl (C=O) groups excluding carboxylic acids is 1. The smallest absolute Gasteiger partial charge is 0.196 e. The highest BCUT2D eigenvalue weighted by molar-refractivity contribution is 6.11. The van der Waals surface area contributed by atoms with E-state index in [1.807, 2.05) is 24.4 Å². The number of ketones is 1. The fourth-order valence-electron chi connectivity index (χ4n) is 4.13. The highest BCUT2D eigenvalue weighted by Gasteiger charge is 2.18. The van der Waals surface area contributed by atoms with Crippen LogP contribution in [0, 0.1) is 0 Å². The molecular weight excluding hydrogens is 362 g/mol. The van der Waals surface area contributed by atoms with Gasteiger partial charge >= 0.3 is 0 Å². The third-order valence-electron chi connectivity index (χ3n) is 5.85. The third kappa shape index (κ3) is 4.15. The molecule has 0 radical (unpaired) electrons. The standard InChI is InChI=1S/C24H29N3O2/c1-2-3-4-5-11-26-12-8-18(9-13-26)22-16-27(25)23-7-6-19(15-21(22)23)24(28)20-10-14-29-17-20/h6-8,10,14-17H,2-5,9,11-13,25H2,1H3. The lowest BCUT2D eigenvalue weighted by atomic mass is 9.96. The molecular formula is C24H29N3O2. The molecule has 29 heavy (non-hydrogen) atoms. The largest absolute Gasteiger partial charge is 0.472 e. The van der Waals surface area contributed by atoms with E-state index in [4.69, 9.17) is 10.3 Å². The molecule has 0 atom stereocenters. The second kappa shape index (κ2) is 8.70. The summed E-state index contributed by atoms with van der Waals surface area (Å²) in [6, 6.07) is 7.41. The summed E-state index contributed by atoms with van der Waals surface area (Å²) in [4.78, 5) is 15.2. The Labute approximate surface area is 171 Å². The first-order valence-electron chi connectivity index (χ1n) is 10.6. The molecule has 0 fully saturated rings. The summed E-state index contributed by atoms with van der Waals surface area (Å²) in [5.74, 6) is 6.17. The van der Waals surface area contributed by atoms with Crippen LogP contribution in [0.3, 0.4) is 0 Å². The monoisotopic (exact) mass is 391 g/mol. The lowest BCUT2D eigenvalue weighted by molar-refractivity contribution is 0.103. The Hall–Kier alpha value is -2.79. The van der Waals surface area contributed by atoms with Crippen molar-refractivity contribution in [3.8, 4) is 0 Å². The van der Waals surface area contributed by atoms with E-state index >= 15 is 0 Å². The zero-order valence-corrected chi connectivity index (χ0v) is 17.1. The van der Waals surface area contributed by atoms with Crippen molar-refractivity contribution in [2.24, 2.45) is 0 Å². The number of carbonyl (C=O) groups is 1. The molecule has 4 rings (SSSR count). The summed E-state index contributed by atoms with van der Waals surface area (Å²) in [7, 11) is 0. The molecule has 0 spiro atoms. The fraction of sp³-hybridized carbons (Fsp3) is 0.375. The lowest BCUT2D eigenvalue weighted by Crippen LogP contribution is -2.29. The molecule has 1 aromatic carbocycles. The number of hydrogen-bond acceptors (Lipinski definition) is 4. The Balaban J connectivity index is 1.55. The van der Waals surface area contributed by atoms with Crippen LogP contribution in [0.1, 0.15) is 60.5 Å². The van der Waals surface area contributed by atoms with E-state index in [9.17, 15) is 4.79 Å². The number of aromatic nitrogens is 1. The van der Waals surface area contributed by atoms with Gasteiger partial charge in [-0.05, 0) is 49.2 Å². The zero-order valence-electron chi connectivity index (χ0n) is 17.1. The number of furan rings is 1. The quantitative estimate of drug-likeness (QED) is 0.339. The maximum Gasteiger partial charge on any atom is 0.196 e. The van der Waals surface area contributed by atoms with E-state index in [0.717, 1.165) is 36.0 Å². The van der Waals surface area contributed by atoms with Crippen LogP contribution in [0.25, 0.3) is 16.5 Å². The van der Waals surface area contributed by atoms with Crippen LogP contribution in [-0.2, 0) is 0 Å². The summed E-state index contributed by atoms with van der Waals surface area (Å²) < 4.78 is 6.72. The lowest BCUT2D eigenvalue weighted by Gasteiger charge is -2.26. The van der Waals surface area contributed by atoms with Gasteiger partial charge in [0.15, 0.2) is 5.78 Å². The molecule has 2 aromatic heterocycles. The highest BCUT2D eigenvalue weighted by Crippen LogP contribution is 2.31. The topological polar surface area (TPSA) is 64.4 Å². The first-order valence-corrected chi connectivity index (χ1v) is 10.6. The third-order valence-corrected chi connectivity index (χ3v) is 5.85. The van der Waals surface area contributed by atoms with Crippen LogP contribution >= 0.6 is 0 Å². The predicted molar refractivity (Wildman–Crippen MR) is 117 cm³/mol. The summed E-state index contributed by atoms with van der Waals surface area (Å²) in [5.41, 5.74) is 4.60. The molecule has 3 heterocycles. The average molecular weight is 392 g/mol. The maximum atomic E-state index is 12.7. The van der Waals surface area contributed by atoms with Crippen LogP contribution < -0.4 is 5.84 Å². The first kappa shape index (κ1) is 19.5. The minimum absolute atomic E-state index is 0.0350. The normalized spacial score (nSPS) is 15.0. The van der Waals surface area contributed by atoms with Crippen LogP contribution in [0.2, 0.25) is 0 Å². The molecule has 1 aliphatic heterocycles. The Kier molecular flexibility index (Phi) is 5.86. The van der Waals surface area contributed by atoms with Gasteiger partial charge in [-0.3, -0.25) is 14.4 Å². The molecule has 1 aliphatic rings. The van der Waals surface area contributed by atoms with Crippen molar-refractivity contribution in [3.63, 3.8) is 0 Å². The van der Waals surface area contributed by atoms with Crippen molar-refractivity contribution in [2.45, 2.75) is 39.0 Å². The van der Waals surface area contributed by atoms with E-state index < -0.39 is 0 Å². The van der Waals surface area contributed by atoms with Crippen LogP contribution in [0.15, 0.2) is 53.5 Å². The second-order valence-electron chi connectivity index (χ2n) is 7.86. The first-order chi connectivity index (χ1) is 14.2. The van der Waals surface area contributed by atoms with Gasteiger partial charge in [0.1, 0.15) is 6.26 Å². The van der Waals surface area contributed by atoms with E-state index in [0.29, 0.717) is 11.1 Å². The van der Waals surface area contributed by atoms with Crippen molar-refractivity contribution >= 4 is 22.3 Å². The molecule has 5 heteroatoms. The number of fused-ring (bicyclic) bond motifs is 1. The van der Waals surface area contributed by atoms with E-state index in [2.05, 4.69) is 17.9 Å². The van der Waals surface area contributed by atoms with Gasteiger partial charge in [0.05, 0.1) is 17.3 Å². The number of benzene rings is 1. The Morgan fingerprint density at radius 1 is 1.17 bits per heavy atom. The van der Waals surface area contributed by atoms with Gasteiger partial charge in [0.25, 0.3) is 0 Å². The van der Waals surface area contributed by atoms with Crippen LogP contribution in [0.4, 0.5) is 0 Å². The maximum absolute atomic E-state index is 12.7. The molecule has 0 unspecified atom stereocenters. The minimum Gasteiger partial charge on any atom is -0.472 e. The van der Waals surface area contributed by atoms with Crippen LogP contribution in [-0.4, -0.2) is 35.0 Å². The number of nitrogens with zero attached hydrogens (tertiary/aromatic N) is 2. The van der Waals surface area contributed by atoms with Crippen molar-refractivity contribution in [1.29, 1.82) is 0 Å². The Morgan fingerprint density at radius 2 is 2.07 bits per heavy atom. The SMILES string of the molecule is CCCCCCN1CC=C(c2cn(N)c3ccc(C(=O)c4ccoc4)cc23)CC1. The van der Waals surface area contributed by atoms with Crippen LogP contribution in [0.5, 0.6) is 0 Å². The molecule has 0 amide bonds. The van der Waals surface area contributed by atoms with Gasteiger partial charge in [-0.1, -0.05) is 32.3 Å². The molecule has 5 nitrogen and oxygen atoms in total. The predicted octanol–water partition coefficient (Wildman–Crippen LogP) is 4.85. The zero-order chi connectivity index (χ0) is 20.2. The number of nitrogens with two attached hydrogens (primary N) is 1. The molecule has 0 aliphatic carbocycles. The fourth-order valence-corrected chi connectivity index (χ4v) is 4.13. The molecule has 152 valence electrons. The number of rotatable bonds is 8. The summed E-state index contributed by atoms with van der Waals surface area (Å²) in [6.45, 7) is 5.47. The van der Waals surface area contributed by atoms with Gasteiger partial charge in [0, 0.05) is 35.8 Å². The summed E-state index contributed by atoms with van der Waals surface area (Å²) >= 11 is 0. The summed E-state index contributed by atoms with van der Waals surface area (Å²) in [6.07, 6.45) is 13.5. The van der Waals surface area contributed by atoms with Gasteiger partial charge in [-0.2, -0.15) is 0 Å². The molecule has 0 saturated carbocycles. The Bertz CT molecular complexity index is 1010. The Morgan fingerprint density at radius 3 is 2.79 bits per heavy atom. The van der Waals surface area contributed by atoms with Gasteiger partial charge < -0.3 is 10.3 Å². The van der Waals surface area contributed by atoms with E-state index in [1.54, 1.807) is 10.7 Å². The number of nitrogen functional groups attached to an aromatic ring is 1. The molecule has 3 aromatic rings. The van der Waals surface area contributed by atoms with Gasteiger partial charge in [-0.15, -0.1) is 0 Å². The van der Waals surface area contributed by atoms with Gasteiger partial charge in [-0.25, -0.2) is 0 Å². The number of hydrogen-bond donors (Lipinski definition) is 1. The summed E-state index contributed by atoms with van der Waals surface area (Å²) in [5, 5.41) is 1.03. The second-order valence-corrected chi connectivity index (χ2v) is 7.86. The highest BCUT2D eigenvalue weighted by atomic mass is 16.3. The molecule has 0 saturated heterocycles. The van der Waals surface area contributed by atoms with Crippen molar-refractivity contribution in [3.05, 3.63) is 65.8 Å². The van der Waals surface area contributed by atoms with Crippen molar-refractivity contribution in [1.82, 2.24) is 9.58 Å². The van der Waals surface area contributed by atoms with Crippen molar-refractivity contribution < 1.29 is 9.21 Å². The number of unbranched alkanes of at least 4 members (excludes halogenated alkanes) is 3.